The van der Waals surface area contributed by atoms with E-state index in [2.05, 4.69) is 62.6 Å². The highest BCUT2D eigenvalue weighted by Gasteiger charge is 2.05. The van der Waals surface area contributed by atoms with Gasteiger partial charge >= 0.3 is 0 Å². The molecule has 0 bridgehead atoms. The molecule has 2 aromatic rings. The van der Waals surface area contributed by atoms with Gasteiger partial charge in [-0.05, 0) is 35.3 Å². The van der Waals surface area contributed by atoms with Crippen molar-refractivity contribution >= 4 is 11.6 Å². The Morgan fingerprint density at radius 1 is 0.870 bits per heavy atom. The highest BCUT2D eigenvalue weighted by atomic mass is 14.1. The van der Waals surface area contributed by atoms with Crippen LogP contribution in [0, 0.1) is 6.92 Å². The molecule has 23 heavy (non-hydrogen) atoms. The van der Waals surface area contributed by atoms with E-state index < -0.39 is 0 Å². The fourth-order valence-corrected chi connectivity index (χ4v) is 2.18. The van der Waals surface area contributed by atoms with Gasteiger partial charge in [0, 0.05) is 0 Å². The summed E-state index contributed by atoms with van der Waals surface area (Å²) in [6.45, 7) is 13.8. The van der Waals surface area contributed by atoms with Crippen LogP contribution in [0.25, 0.3) is 11.6 Å². The minimum absolute atomic E-state index is 1.07. The largest absolute Gasteiger partial charge is 0.0990 e. The van der Waals surface area contributed by atoms with E-state index in [9.17, 15) is 0 Å². The summed E-state index contributed by atoms with van der Waals surface area (Å²) >= 11 is 0. The molecule has 0 atom stereocenters. The minimum atomic E-state index is 1.07. The Balaban J connectivity index is 0.00000127. The van der Waals surface area contributed by atoms with Crippen LogP contribution in [-0.2, 0) is 0 Å². The third-order valence-electron chi connectivity index (χ3n) is 3.30. The molecule has 0 aromatic heterocycles. The lowest BCUT2D eigenvalue weighted by Gasteiger charge is -2.09. The molecule has 0 aliphatic rings. The molecule has 0 nitrogen and oxygen atoms in total. The van der Waals surface area contributed by atoms with Gasteiger partial charge in [-0.2, -0.15) is 0 Å². The topological polar surface area (TPSA) is 0 Å². The van der Waals surface area contributed by atoms with Crippen molar-refractivity contribution in [2.24, 2.45) is 0 Å². The van der Waals surface area contributed by atoms with Crippen molar-refractivity contribution in [2.75, 3.05) is 0 Å². The Kier molecular flexibility index (Phi) is 8.17. The number of hydrogen-bond donors (Lipinski definition) is 0. The van der Waals surface area contributed by atoms with Crippen molar-refractivity contribution in [1.82, 2.24) is 0 Å². The fraction of sp³-hybridized carbons (Fsp3) is 0.130. The van der Waals surface area contributed by atoms with Crippen molar-refractivity contribution in [2.45, 2.75) is 20.8 Å². The number of rotatable bonds is 5. The van der Waals surface area contributed by atoms with Gasteiger partial charge in [0.05, 0.1) is 0 Å². The zero-order valence-corrected chi connectivity index (χ0v) is 14.4. The lowest BCUT2D eigenvalue weighted by atomic mass is 9.95. The molecular weight excluding hydrogens is 276 g/mol. The molecule has 0 fully saturated rings. The lowest BCUT2D eigenvalue weighted by molar-refractivity contribution is 1.46. The van der Waals surface area contributed by atoms with Crippen LogP contribution in [0.1, 0.15) is 30.5 Å². The molecule has 118 valence electrons. The number of allylic oxidation sites excluding steroid dienone is 5. The van der Waals surface area contributed by atoms with Gasteiger partial charge in [0.15, 0.2) is 0 Å². The van der Waals surface area contributed by atoms with Gasteiger partial charge in [-0.15, -0.1) is 0 Å². The van der Waals surface area contributed by atoms with Crippen molar-refractivity contribution in [3.8, 4) is 0 Å². The lowest BCUT2D eigenvalue weighted by Crippen LogP contribution is -1.88. The zero-order chi connectivity index (χ0) is 17.1. The molecule has 0 aliphatic carbocycles. The molecule has 0 radical (unpaired) electrons. The molecule has 0 saturated heterocycles. The number of hydrogen-bond acceptors (Lipinski definition) is 0. The summed E-state index contributed by atoms with van der Waals surface area (Å²) in [5.74, 6) is 0. The quantitative estimate of drug-likeness (QED) is 0.418. The van der Waals surface area contributed by atoms with E-state index in [0.29, 0.717) is 0 Å². The normalized spacial score (nSPS) is 11.3. The van der Waals surface area contributed by atoms with Crippen LogP contribution in [-0.4, -0.2) is 0 Å². The van der Waals surface area contributed by atoms with E-state index >= 15 is 0 Å². The van der Waals surface area contributed by atoms with E-state index in [-0.39, 0.29) is 0 Å². The van der Waals surface area contributed by atoms with Crippen LogP contribution in [0.3, 0.4) is 0 Å². The summed E-state index contributed by atoms with van der Waals surface area (Å²) in [5.41, 5.74) is 5.83. The van der Waals surface area contributed by atoms with Crippen LogP contribution >= 0.6 is 0 Å². The van der Waals surface area contributed by atoms with Crippen molar-refractivity contribution in [3.63, 3.8) is 0 Å². The average molecular weight is 302 g/mol. The van der Waals surface area contributed by atoms with E-state index in [1.165, 1.54) is 16.7 Å². The smallest absolute Gasteiger partial charge is 0.0106 e. The zero-order valence-electron chi connectivity index (χ0n) is 14.4. The second-order valence-corrected chi connectivity index (χ2v) is 4.90. The minimum Gasteiger partial charge on any atom is -0.0990 e. The van der Waals surface area contributed by atoms with Gasteiger partial charge in [-0.25, -0.2) is 0 Å². The van der Waals surface area contributed by atoms with Gasteiger partial charge in [0.1, 0.15) is 0 Å². The molecule has 0 spiro atoms. The number of aryl methyl sites for hydroxylation is 1. The second-order valence-electron chi connectivity index (χ2n) is 4.90. The maximum absolute atomic E-state index is 3.92. The first-order chi connectivity index (χ1) is 11.2. The van der Waals surface area contributed by atoms with Gasteiger partial charge < -0.3 is 0 Å². The fourth-order valence-electron chi connectivity index (χ4n) is 2.18. The summed E-state index contributed by atoms with van der Waals surface area (Å²) in [6.07, 6.45) is 7.84. The molecule has 0 heterocycles. The van der Waals surface area contributed by atoms with Gasteiger partial charge in [-0.1, -0.05) is 105 Å². The van der Waals surface area contributed by atoms with Crippen LogP contribution in [0.4, 0.5) is 0 Å². The Morgan fingerprint density at radius 3 is 2.00 bits per heavy atom. The van der Waals surface area contributed by atoms with E-state index in [0.717, 1.165) is 11.1 Å². The highest BCUT2D eigenvalue weighted by molar-refractivity contribution is 5.92. The van der Waals surface area contributed by atoms with E-state index in [1.807, 2.05) is 44.2 Å². The predicted octanol–water partition coefficient (Wildman–Crippen LogP) is 6.86. The van der Waals surface area contributed by atoms with Crippen molar-refractivity contribution in [1.29, 1.82) is 0 Å². The third-order valence-corrected chi connectivity index (χ3v) is 3.30. The predicted molar refractivity (Wildman–Crippen MR) is 105 cm³/mol. The van der Waals surface area contributed by atoms with Gasteiger partial charge in [0.2, 0.25) is 0 Å². The van der Waals surface area contributed by atoms with Crippen LogP contribution in [0.2, 0.25) is 0 Å². The van der Waals surface area contributed by atoms with Gasteiger partial charge in [-0.3, -0.25) is 0 Å². The van der Waals surface area contributed by atoms with Crippen LogP contribution in [0.5, 0.6) is 0 Å². The summed E-state index contributed by atoms with van der Waals surface area (Å²) in [7, 11) is 0. The third kappa shape index (κ3) is 5.60. The SMILES string of the molecule is C=C/C=C(C=C)/C(=C/c1ccc(C)cc1)c1ccccc1.CC. The highest BCUT2D eigenvalue weighted by Crippen LogP contribution is 2.26. The van der Waals surface area contributed by atoms with Crippen molar-refractivity contribution < 1.29 is 0 Å². The standard InChI is InChI=1S/C21H20.C2H6/c1-4-9-19(5-2)21(20-10-7-6-8-11-20)16-18-14-12-17(3)13-15-18;1-2/h4-16H,1-2H2,3H3;1-2H3/b19-9+,21-16-;. The average Bonchev–Trinajstić information content (AvgIpc) is 2.62. The Morgan fingerprint density at radius 2 is 1.48 bits per heavy atom. The summed E-state index contributed by atoms with van der Waals surface area (Å²) in [4.78, 5) is 0. The maximum atomic E-state index is 3.92. The first-order valence-electron chi connectivity index (χ1n) is 8.04. The van der Waals surface area contributed by atoms with Crippen LogP contribution < -0.4 is 0 Å². The molecule has 2 rings (SSSR count). The van der Waals surface area contributed by atoms with E-state index in [1.54, 1.807) is 6.08 Å². The molecule has 0 saturated carbocycles. The first-order valence-corrected chi connectivity index (χ1v) is 8.04. The second kappa shape index (κ2) is 10.2. The number of benzene rings is 2. The molecule has 0 heteroatoms. The summed E-state index contributed by atoms with van der Waals surface area (Å²) in [6, 6.07) is 18.9. The van der Waals surface area contributed by atoms with E-state index in [4.69, 9.17) is 0 Å². The Labute approximate surface area is 141 Å². The molecule has 0 aliphatic heterocycles. The molecule has 0 amide bonds. The maximum Gasteiger partial charge on any atom is -0.0106 e. The van der Waals surface area contributed by atoms with Crippen LogP contribution in [0.15, 0.2) is 91.6 Å². The van der Waals surface area contributed by atoms with Crippen molar-refractivity contribution in [3.05, 3.63) is 108 Å². The molecule has 0 N–H and O–H groups in total. The molecular formula is C23H26. The summed E-state index contributed by atoms with van der Waals surface area (Å²) < 4.78 is 0. The van der Waals surface area contributed by atoms with Gasteiger partial charge in [0.25, 0.3) is 0 Å². The Hall–Kier alpha value is -2.60. The Bertz CT molecular complexity index is 668. The molecule has 2 aromatic carbocycles. The first kappa shape index (κ1) is 18.4. The monoisotopic (exact) mass is 302 g/mol. The summed E-state index contributed by atoms with van der Waals surface area (Å²) in [5, 5.41) is 0. The molecule has 0 unspecified atom stereocenters.